The molecule has 0 spiro atoms. The number of carbonyl (C=O) groups is 1. The first kappa shape index (κ1) is 13.8. The number of benzene rings is 1. The molecular weight excluding hydrogens is 260 g/mol. The number of carbonyl (C=O) groups excluding carboxylic acids is 1. The highest BCUT2D eigenvalue weighted by Gasteiger charge is 2.30. The number of hydrogen-bond acceptors (Lipinski definition) is 2. The maximum absolute atomic E-state index is 12.1. The average Bonchev–Trinajstić information content (AvgIpc) is 2.48. The second-order valence-electron chi connectivity index (χ2n) is 5.62. The SMILES string of the molecule is O=C(CCCc1ccccc1)N1CC(c2ccncc2)C1. The van der Waals surface area contributed by atoms with Gasteiger partial charge < -0.3 is 4.90 Å². The van der Waals surface area contributed by atoms with Crippen LogP contribution in [-0.2, 0) is 11.2 Å². The molecule has 3 heteroatoms. The van der Waals surface area contributed by atoms with Crippen LogP contribution < -0.4 is 0 Å². The zero-order valence-electron chi connectivity index (χ0n) is 12.1. The predicted molar refractivity (Wildman–Crippen MR) is 82.9 cm³/mol. The first-order valence-electron chi connectivity index (χ1n) is 7.54. The molecule has 1 aliphatic heterocycles. The summed E-state index contributed by atoms with van der Waals surface area (Å²) < 4.78 is 0. The molecule has 0 saturated carbocycles. The molecule has 1 saturated heterocycles. The van der Waals surface area contributed by atoms with Crippen LogP contribution in [0.25, 0.3) is 0 Å². The lowest BCUT2D eigenvalue weighted by Gasteiger charge is -2.39. The van der Waals surface area contributed by atoms with E-state index in [1.54, 1.807) is 0 Å². The number of likely N-dealkylation sites (tertiary alicyclic amines) is 1. The molecule has 0 atom stereocenters. The number of rotatable bonds is 5. The van der Waals surface area contributed by atoms with Gasteiger partial charge in [-0.15, -0.1) is 0 Å². The van der Waals surface area contributed by atoms with Gasteiger partial charge in [-0.2, -0.15) is 0 Å². The van der Waals surface area contributed by atoms with Gasteiger partial charge in [0.2, 0.25) is 5.91 Å². The first-order chi connectivity index (χ1) is 10.3. The van der Waals surface area contributed by atoms with E-state index in [0.717, 1.165) is 25.9 Å². The number of pyridine rings is 1. The topological polar surface area (TPSA) is 33.2 Å². The summed E-state index contributed by atoms with van der Waals surface area (Å²) in [4.78, 5) is 18.1. The van der Waals surface area contributed by atoms with E-state index in [1.807, 2.05) is 47.6 Å². The summed E-state index contributed by atoms with van der Waals surface area (Å²) in [5.74, 6) is 0.780. The minimum absolute atomic E-state index is 0.288. The van der Waals surface area contributed by atoms with Gasteiger partial charge in [-0.05, 0) is 36.1 Å². The number of aryl methyl sites for hydroxylation is 1. The van der Waals surface area contributed by atoms with Crippen molar-refractivity contribution in [3.8, 4) is 0 Å². The lowest BCUT2D eigenvalue weighted by molar-refractivity contribution is -0.135. The Morgan fingerprint density at radius 1 is 1.10 bits per heavy atom. The average molecular weight is 280 g/mol. The first-order valence-corrected chi connectivity index (χ1v) is 7.54. The minimum atomic E-state index is 0.288. The second-order valence-corrected chi connectivity index (χ2v) is 5.62. The van der Waals surface area contributed by atoms with E-state index < -0.39 is 0 Å². The van der Waals surface area contributed by atoms with Crippen LogP contribution in [-0.4, -0.2) is 28.9 Å². The fourth-order valence-electron chi connectivity index (χ4n) is 2.78. The molecule has 1 amide bonds. The van der Waals surface area contributed by atoms with Crippen LogP contribution in [0.15, 0.2) is 54.9 Å². The third kappa shape index (κ3) is 3.48. The minimum Gasteiger partial charge on any atom is -0.341 e. The molecule has 2 aromatic rings. The van der Waals surface area contributed by atoms with Gasteiger partial charge in [-0.3, -0.25) is 9.78 Å². The van der Waals surface area contributed by atoms with Crippen LogP contribution in [0, 0.1) is 0 Å². The van der Waals surface area contributed by atoms with E-state index in [-0.39, 0.29) is 5.91 Å². The Kier molecular flexibility index (Phi) is 4.29. The zero-order chi connectivity index (χ0) is 14.5. The Hall–Kier alpha value is -2.16. The molecule has 1 aromatic carbocycles. The lowest BCUT2D eigenvalue weighted by atomic mass is 9.92. The molecule has 1 aromatic heterocycles. The monoisotopic (exact) mass is 280 g/mol. The Morgan fingerprint density at radius 3 is 2.52 bits per heavy atom. The number of aromatic nitrogens is 1. The smallest absolute Gasteiger partial charge is 0.222 e. The molecule has 0 bridgehead atoms. The van der Waals surface area contributed by atoms with E-state index in [0.29, 0.717) is 12.3 Å². The third-order valence-corrected chi connectivity index (χ3v) is 4.11. The summed E-state index contributed by atoms with van der Waals surface area (Å²) in [5.41, 5.74) is 2.60. The van der Waals surface area contributed by atoms with E-state index >= 15 is 0 Å². The molecule has 21 heavy (non-hydrogen) atoms. The van der Waals surface area contributed by atoms with Gasteiger partial charge >= 0.3 is 0 Å². The second kappa shape index (κ2) is 6.53. The van der Waals surface area contributed by atoms with Gasteiger partial charge in [0, 0.05) is 37.8 Å². The Balaban J connectivity index is 1.40. The van der Waals surface area contributed by atoms with E-state index in [1.165, 1.54) is 11.1 Å². The summed E-state index contributed by atoms with van der Waals surface area (Å²) in [5, 5.41) is 0. The summed E-state index contributed by atoms with van der Waals surface area (Å²) >= 11 is 0. The van der Waals surface area contributed by atoms with Crippen molar-refractivity contribution in [2.24, 2.45) is 0 Å². The van der Waals surface area contributed by atoms with Crippen molar-refractivity contribution in [1.82, 2.24) is 9.88 Å². The molecule has 0 radical (unpaired) electrons. The Bertz CT molecular complexity index is 577. The quantitative estimate of drug-likeness (QED) is 0.843. The van der Waals surface area contributed by atoms with Crippen molar-refractivity contribution in [3.63, 3.8) is 0 Å². The number of nitrogens with zero attached hydrogens (tertiary/aromatic N) is 2. The van der Waals surface area contributed by atoms with Crippen molar-refractivity contribution in [2.45, 2.75) is 25.2 Å². The molecular formula is C18H20N2O. The molecule has 0 unspecified atom stereocenters. The predicted octanol–water partition coefficient (Wildman–Crippen LogP) is 3.03. The Morgan fingerprint density at radius 2 is 1.81 bits per heavy atom. The van der Waals surface area contributed by atoms with Crippen LogP contribution in [0.2, 0.25) is 0 Å². The Labute approximate surface area is 125 Å². The van der Waals surface area contributed by atoms with E-state index in [9.17, 15) is 4.79 Å². The highest BCUT2D eigenvalue weighted by molar-refractivity contribution is 5.77. The molecule has 108 valence electrons. The standard InChI is InChI=1S/C18H20N2O/c21-18(8-4-7-15-5-2-1-3-6-15)20-13-17(14-20)16-9-11-19-12-10-16/h1-3,5-6,9-12,17H,4,7-8,13-14H2. The van der Waals surface area contributed by atoms with Crippen LogP contribution in [0.3, 0.4) is 0 Å². The van der Waals surface area contributed by atoms with E-state index in [2.05, 4.69) is 17.1 Å². The fraction of sp³-hybridized carbons (Fsp3) is 0.333. The maximum atomic E-state index is 12.1. The van der Waals surface area contributed by atoms with Gasteiger partial charge in [0.25, 0.3) is 0 Å². The molecule has 1 aliphatic rings. The van der Waals surface area contributed by atoms with Crippen molar-refractivity contribution >= 4 is 5.91 Å². The van der Waals surface area contributed by atoms with Gasteiger partial charge in [0.05, 0.1) is 0 Å². The molecule has 2 heterocycles. The summed E-state index contributed by atoms with van der Waals surface area (Å²) in [7, 11) is 0. The van der Waals surface area contributed by atoms with Crippen LogP contribution in [0.5, 0.6) is 0 Å². The van der Waals surface area contributed by atoms with Gasteiger partial charge in [0.1, 0.15) is 0 Å². The normalized spacial score (nSPS) is 14.8. The lowest BCUT2D eigenvalue weighted by Crippen LogP contribution is -2.48. The molecule has 0 aliphatic carbocycles. The fourth-order valence-corrected chi connectivity index (χ4v) is 2.78. The zero-order valence-corrected chi connectivity index (χ0v) is 12.1. The van der Waals surface area contributed by atoms with Crippen molar-refractivity contribution in [3.05, 3.63) is 66.0 Å². The molecule has 3 rings (SSSR count). The van der Waals surface area contributed by atoms with Crippen LogP contribution in [0.1, 0.15) is 29.9 Å². The molecule has 0 N–H and O–H groups in total. The number of hydrogen-bond donors (Lipinski definition) is 0. The summed E-state index contributed by atoms with van der Waals surface area (Å²) in [6.07, 6.45) is 6.20. The van der Waals surface area contributed by atoms with Gasteiger partial charge in [-0.1, -0.05) is 30.3 Å². The number of amides is 1. The summed E-state index contributed by atoms with van der Waals surface area (Å²) in [6.45, 7) is 1.71. The van der Waals surface area contributed by atoms with Gasteiger partial charge in [0.15, 0.2) is 0 Å². The molecule has 3 nitrogen and oxygen atoms in total. The van der Waals surface area contributed by atoms with Gasteiger partial charge in [-0.25, -0.2) is 0 Å². The highest BCUT2D eigenvalue weighted by Crippen LogP contribution is 2.27. The van der Waals surface area contributed by atoms with Crippen molar-refractivity contribution < 1.29 is 4.79 Å². The highest BCUT2D eigenvalue weighted by atomic mass is 16.2. The van der Waals surface area contributed by atoms with Crippen molar-refractivity contribution in [2.75, 3.05) is 13.1 Å². The van der Waals surface area contributed by atoms with Crippen molar-refractivity contribution in [1.29, 1.82) is 0 Å². The third-order valence-electron chi connectivity index (χ3n) is 4.11. The molecule has 1 fully saturated rings. The largest absolute Gasteiger partial charge is 0.341 e. The van der Waals surface area contributed by atoms with Crippen LogP contribution in [0.4, 0.5) is 0 Å². The summed E-state index contributed by atoms with van der Waals surface area (Å²) in [6, 6.07) is 14.4. The van der Waals surface area contributed by atoms with Crippen LogP contribution >= 0.6 is 0 Å². The maximum Gasteiger partial charge on any atom is 0.222 e. The van der Waals surface area contributed by atoms with E-state index in [4.69, 9.17) is 0 Å².